The molecule has 10 heteroatoms. The third kappa shape index (κ3) is 3.67. The first-order valence-corrected chi connectivity index (χ1v) is 8.55. The van der Waals surface area contributed by atoms with Crippen molar-refractivity contribution in [3.63, 3.8) is 0 Å². The van der Waals surface area contributed by atoms with E-state index < -0.39 is 11.9 Å². The first kappa shape index (κ1) is 19.7. The summed E-state index contributed by atoms with van der Waals surface area (Å²) >= 11 is 6.13. The summed E-state index contributed by atoms with van der Waals surface area (Å²) in [6.45, 7) is 0.177. The van der Waals surface area contributed by atoms with Crippen LogP contribution in [0.4, 0.5) is 0 Å². The molecule has 2 heterocycles. The Morgan fingerprint density at radius 3 is 2.57 bits per heavy atom. The molecule has 0 aliphatic carbocycles. The Labute approximate surface area is 165 Å². The first-order valence-electron chi connectivity index (χ1n) is 8.17. The van der Waals surface area contributed by atoms with E-state index in [1.165, 1.54) is 25.8 Å². The molecule has 0 saturated heterocycles. The molecule has 0 radical (unpaired) electrons. The first-order chi connectivity index (χ1) is 13.5. The summed E-state index contributed by atoms with van der Waals surface area (Å²) in [6, 6.07) is 7.14. The quantitative estimate of drug-likeness (QED) is 0.575. The van der Waals surface area contributed by atoms with E-state index >= 15 is 0 Å². The summed E-state index contributed by atoms with van der Waals surface area (Å²) in [5.41, 5.74) is 2.37. The van der Waals surface area contributed by atoms with Crippen LogP contribution in [0.25, 0.3) is 16.8 Å². The van der Waals surface area contributed by atoms with Gasteiger partial charge in [-0.2, -0.15) is 5.10 Å². The molecule has 0 fully saturated rings. The van der Waals surface area contributed by atoms with Gasteiger partial charge >= 0.3 is 11.9 Å². The summed E-state index contributed by atoms with van der Waals surface area (Å²) in [6.07, 6.45) is -0.240. The standard InChI is InChI=1S/C18H17ClN4O5/c1-26-9-12-15(10-5-4-6-11(19)7-10)17-21-20-16(18(25)28-3)13(23(17)22-12)8-14(24)27-2/h4-7H,8-9H2,1-3H3. The maximum absolute atomic E-state index is 12.1. The highest BCUT2D eigenvalue weighted by Gasteiger charge is 2.25. The van der Waals surface area contributed by atoms with Gasteiger partial charge in [-0.25, -0.2) is 9.31 Å². The van der Waals surface area contributed by atoms with Gasteiger partial charge in [-0.1, -0.05) is 23.7 Å². The summed E-state index contributed by atoms with van der Waals surface area (Å²) in [5.74, 6) is -1.30. The number of halogens is 1. The number of ether oxygens (including phenoxy) is 3. The Kier molecular flexibility index (Phi) is 5.86. The lowest BCUT2D eigenvalue weighted by atomic mass is 10.1. The van der Waals surface area contributed by atoms with Crippen LogP contribution in [0.1, 0.15) is 21.9 Å². The van der Waals surface area contributed by atoms with Crippen LogP contribution >= 0.6 is 11.6 Å². The minimum absolute atomic E-state index is 0.121. The van der Waals surface area contributed by atoms with E-state index in [1.807, 2.05) is 6.07 Å². The normalized spacial score (nSPS) is 10.9. The maximum atomic E-state index is 12.1. The third-order valence-electron chi connectivity index (χ3n) is 4.02. The molecule has 0 spiro atoms. The molecule has 146 valence electrons. The van der Waals surface area contributed by atoms with Crippen molar-refractivity contribution in [3.8, 4) is 11.1 Å². The summed E-state index contributed by atoms with van der Waals surface area (Å²) in [4.78, 5) is 24.0. The zero-order valence-electron chi connectivity index (χ0n) is 15.4. The average molecular weight is 405 g/mol. The molecular weight excluding hydrogens is 388 g/mol. The van der Waals surface area contributed by atoms with Crippen molar-refractivity contribution in [2.24, 2.45) is 0 Å². The van der Waals surface area contributed by atoms with Gasteiger partial charge in [0.15, 0.2) is 11.3 Å². The topological polar surface area (TPSA) is 105 Å². The van der Waals surface area contributed by atoms with Gasteiger partial charge in [-0.3, -0.25) is 4.79 Å². The number of rotatable bonds is 6. The van der Waals surface area contributed by atoms with Crippen LogP contribution in [-0.2, 0) is 32.0 Å². The maximum Gasteiger partial charge on any atom is 0.360 e. The average Bonchev–Trinajstić information content (AvgIpc) is 3.06. The van der Waals surface area contributed by atoms with Gasteiger partial charge in [0.25, 0.3) is 0 Å². The van der Waals surface area contributed by atoms with E-state index in [9.17, 15) is 9.59 Å². The van der Waals surface area contributed by atoms with E-state index in [0.29, 0.717) is 21.9 Å². The smallest absolute Gasteiger partial charge is 0.360 e. The fourth-order valence-corrected chi connectivity index (χ4v) is 2.98. The summed E-state index contributed by atoms with van der Waals surface area (Å²) < 4.78 is 16.1. The molecule has 1 aromatic carbocycles. The monoisotopic (exact) mass is 404 g/mol. The molecule has 28 heavy (non-hydrogen) atoms. The van der Waals surface area contributed by atoms with Gasteiger partial charge in [0.1, 0.15) is 0 Å². The van der Waals surface area contributed by atoms with Crippen LogP contribution in [0.2, 0.25) is 5.02 Å². The van der Waals surface area contributed by atoms with Crippen molar-refractivity contribution < 1.29 is 23.8 Å². The Balaban J connectivity index is 2.32. The second-order valence-corrected chi connectivity index (χ2v) is 6.18. The van der Waals surface area contributed by atoms with Gasteiger partial charge < -0.3 is 14.2 Å². The fourth-order valence-electron chi connectivity index (χ4n) is 2.79. The molecule has 9 nitrogen and oxygen atoms in total. The molecule has 0 aliphatic heterocycles. The predicted molar refractivity (Wildman–Crippen MR) is 99.0 cm³/mol. The Morgan fingerprint density at radius 2 is 1.93 bits per heavy atom. The lowest BCUT2D eigenvalue weighted by molar-refractivity contribution is -0.139. The van der Waals surface area contributed by atoms with Gasteiger partial charge in [0.05, 0.1) is 44.2 Å². The Hall–Kier alpha value is -3.04. The molecule has 0 N–H and O–H groups in total. The number of hydrogen-bond donors (Lipinski definition) is 0. The molecule has 0 amide bonds. The number of carbonyl (C=O) groups is 2. The second kappa shape index (κ2) is 8.32. The number of nitrogens with zero attached hydrogens (tertiary/aromatic N) is 4. The molecule has 2 aromatic heterocycles. The van der Waals surface area contributed by atoms with Crippen LogP contribution in [0, 0.1) is 0 Å². The van der Waals surface area contributed by atoms with E-state index in [2.05, 4.69) is 15.3 Å². The number of carbonyl (C=O) groups excluding carboxylic acids is 2. The highest BCUT2D eigenvalue weighted by atomic mass is 35.5. The largest absolute Gasteiger partial charge is 0.469 e. The van der Waals surface area contributed by atoms with Crippen molar-refractivity contribution >= 4 is 29.2 Å². The minimum atomic E-state index is -0.735. The summed E-state index contributed by atoms with van der Waals surface area (Å²) in [5, 5.41) is 13.2. The highest BCUT2D eigenvalue weighted by Crippen LogP contribution is 2.30. The lowest BCUT2D eigenvalue weighted by Gasteiger charge is -2.08. The third-order valence-corrected chi connectivity index (χ3v) is 4.25. The van der Waals surface area contributed by atoms with Crippen LogP contribution in [0.5, 0.6) is 0 Å². The minimum Gasteiger partial charge on any atom is -0.469 e. The highest BCUT2D eigenvalue weighted by molar-refractivity contribution is 6.30. The van der Waals surface area contributed by atoms with E-state index in [1.54, 1.807) is 18.2 Å². The van der Waals surface area contributed by atoms with Gasteiger partial charge in [0.2, 0.25) is 0 Å². The van der Waals surface area contributed by atoms with Gasteiger partial charge in [0, 0.05) is 12.1 Å². The van der Waals surface area contributed by atoms with Crippen LogP contribution in [0.15, 0.2) is 24.3 Å². The van der Waals surface area contributed by atoms with Gasteiger partial charge in [-0.15, -0.1) is 10.2 Å². The van der Waals surface area contributed by atoms with Crippen LogP contribution in [-0.4, -0.2) is 53.1 Å². The number of methoxy groups -OCH3 is 3. The number of aromatic nitrogens is 4. The van der Waals surface area contributed by atoms with Crippen molar-refractivity contribution in [1.29, 1.82) is 0 Å². The fraction of sp³-hybridized carbons (Fsp3) is 0.278. The second-order valence-electron chi connectivity index (χ2n) is 5.74. The molecule has 0 unspecified atom stereocenters. The van der Waals surface area contributed by atoms with Crippen molar-refractivity contribution in [3.05, 3.63) is 46.4 Å². The molecule has 0 bridgehead atoms. The SMILES string of the molecule is COCc1nn2c(CC(=O)OC)c(C(=O)OC)nnc2c1-c1cccc(Cl)c1. The molecule has 0 saturated carbocycles. The molecule has 3 rings (SSSR count). The Bertz CT molecular complexity index is 1050. The number of esters is 2. The Morgan fingerprint density at radius 1 is 1.14 bits per heavy atom. The molecule has 0 aliphatic rings. The number of fused-ring (bicyclic) bond motifs is 1. The van der Waals surface area contributed by atoms with Crippen molar-refractivity contribution in [1.82, 2.24) is 19.8 Å². The van der Waals surface area contributed by atoms with Crippen molar-refractivity contribution in [2.45, 2.75) is 13.0 Å². The molecular formula is C18H17ClN4O5. The lowest BCUT2D eigenvalue weighted by Crippen LogP contribution is -2.19. The predicted octanol–water partition coefficient (Wildman–Crippen LogP) is 2.09. The molecule has 0 atom stereocenters. The number of hydrogen-bond acceptors (Lipinski definition) is 8. The summed E-state index contributed by atoms with van der Waals surface area (Å²) in [7, 11) is 4.00. The molecule has 3 aromatic rings. The van der Waals surface area contributed by atoms with E-state index in [-0.39, 0.29) is 24.4 Å². The van der Waals surface area contributed by atoms with Crippen LogP contribution < -0.4 is 0 Å². The van der Waals surface area contributed by atoms with E-state index in [4.69, 9.17) is 25.8 Å². The van der Waals surface area contributed by atoms with Crippen molar-refractivity contribution in [2.75, 3.05) is 21.3 Å². The zero-order chi connectivity index (χ0) is 20.3. The van der Waals surface area contributed by atoms with Crippen LogP contribution in [0.3, 0.4) is 0 Å². The zero-order valence-corrected chi connectivity index (χ0v) is 16.2. The van der Waals surface area contributed by atoms with Gasteiger partial charge in [-0.05, 0) is 17.7 Å². The van der Waals surface area contributed by atoms with E-state index in [0.717, 1.165) is 5.56 Å². The number of benzene rings is 1.